The van der Waals surface area contributed by atoms with Crippen LogP contribution < -0.4 is 10.9 Å². The molecule has 4 aromatic rings. The van der Waals surface area contributed by atoms with Crippen LogP contribution in [0, 0.1) is 0 Å². The van der Waals surface area contributed by atoms with Crippen molar-refractivity contribution in [3.8, 4) is 0 Å². The Morgan fingerprint density at radius 1 is 1.14 bits per heavy atom. The van der Waals surface area contributed by atoms with Crippen molar-refractivity contribution in [3.63, 3.8) is 0 Å². The second-order valence-electron chi connectivity index (χ2n) is 8.70. The number of fused-ring (bicyclic) bond motifs is 3. The molecule has 1 amide bonds. The van der Waals surface area contributed by atoms with Gasteiger partial charge in [-0.15, -0.1) is 11.3 Å². The van der Waals surface area contributed by atoms with E-state index in [4.69, 9.17) is 4.98 Å². The molecule has 2 aromatic carbocycles. The molecule has 1 N–H and O–H groups in total. The monoisotopic (exact) mass is 503 g/mol. The molecule has 1 aliphatic rings. The average Bonchev–Trinajstić information content (AvgIpc) is 3.43. The van der Waals surface area contributed by atoms with Crippen LogP contribution in [0.2, 0.25) is 0 Å². The molecule has 0 radical (unpaired) electrons. The predicted molar refractivity (Wildman–Crippen MR) is 142 cm³/mol. The molecule has 1 aliphatic carbocycles. The lowest BCUT2D eigenvalue weighted by Gasteiger charge is -2.16. The number of benzene rings is 2. The summed E-state index contributed by atoms with van der Waals surface area (Å²) in [5.41, 5.74) is 3.22. The van der Waals surface area contributed by atoms with Crippen molar-refractivity contribution in [2.45, 2.75) is 50.1 Å². The molecular weight excluding hydrogens is 478 g/mol. The molecular formula is C27H25N3O3S2. The smallest absolute Gasteiger partial charge is 0.263 e. The topological polar surface area (TPSA) is 81.1 Å². The number of carbonyl (C=O) groups excluding carboxylic acids is 2. The third-order valence-corrected chi connectivity index (χ3v) is 8.44. The number of aromatic nitrogens is 2. The lowest BCUT2D eigenvalue weighted by molar-refractivity contribution is -0.115. The highest BCUT2D eigenvalue weighted by Crippen LogP contribution is 2.36. The summed E-state index contributed by atoms with van der Waals surface area (Å²) in [7, 11) is 0. The first-order valence-corrected chi connectivity index (χ1v) is 13.3. The van der Waals surface area contributed by atoms with Gasteiger partial charge in [-0.25, -0.2) is 4.98 Å². The molecule has 0 aliphatic heterocycles. The number of thiophene rings is 1. The molecule has 2 heterocycles. The highest BCUT2D eigenvalue weighted by atomic mass is 32.2. The Bertz CT molecular complexity index is 1490. The van der Waals surface area contributed by atoms with Crippen molar-refractivity contribution < 1.29 is 9.59 Å². The highest BCUT2D eigenvalue weighted by Gasteiger charge is 2.25. The molecule has 1 unspecified atom stereocenters. The summed E-state index contributed by atoms with van der Waals surface area (Å²) in [6.45, 7) is 3.69. The molecule has 8 heteroatoms. The van der Waals surface area contributed by atoms with Crippen LogP contribution >= 0.6 is 23.1 Å². The van der Waals surface area contributed by atoms with E-state index in [1.165, 1.54) is 23.6 Å². The Labute approximate surface area is 211 Å². The molecule has 35 heavy (non-hydrogen) atoms. The fourth-order valence-electron chi connectivity index (χ4n) is 4.33. The van der Waals surface area contributed by atoms with E-state index < -0.39 is 5.25 Å². The summed E-state index contributed by atoms with van der Waals surface area (Å²) < 4.78 is 1.70. The molecule has 6 nitrogen and oxygen atoms in total. The number of amides is 1. The van der Waals surface area contributed by atoms with Crippen molar-refractivity contribution >= 4 is 50.7 Å². The average molecular weight is 504 g/mol. The Morgan fingerprint density at radius 3 is 2.71 bits per heavy atom. The summed E-state index contributed by atoms with van der Waals surface area (Å²) in [5.74, 6) is -0.279. The van der Waals surface area contributed by atoms with Gasteiger partial charge in [0.25, 0.3) is 5.56 Å². The second kappa shape index (κ2) is 9.79. The van der Waals surface area contributed by atoms with Gasteiger partial charge in [-0.05, 0) is 56.4 Å². The van der Waals surface area contributed by atoms with Gasteiger partial charge in [-0.1, -0.05) is 54.2 Å². The van der Waals surface area contributed by atoms with Crippen LogP contribution in [-0.2, 0) is 24.2 Å². The number of rotatable bonds is 7. The van der Waals surface area contributed by atoms with Gasteiger partial charge in [0.2, 0.25) is 5.91 Å². The zero-order valence-electron chi connectivity index (χ0n) is 19.5. The van der Waals surface area contributed by atoms with Crippen LogP contribution in [0.1, 0.15) is 46.6 Å². The number of ketones is 1. The zero-order chi connectivity index (χ0) is 24.5. The number of hydrogen-bond donors (Lipinski definition) is 1. The minimum absolute atomic E-state index is 0.0393. The maximum atomic E-state index is 13.7. The van der Waals surface area contributed by atoms with Crippen molar-refractivity contribution in [3.05, 3.63) is 86.5 Å². The lowest BCUT2D eigenvalue weighted by atomic mass is 10.1. The highest BCUT2D eigenvalue weighted by molar-refractivity contribution is 8.00. The van der Waals surface area contributed by atoms with E-state index in [0.29, 0.717) is 23.0 Å². The van der Waals surface area contributed by atoms with Crippen LogP contribution in [-0.4, -0.2) is 26.5 Å². The van der Waals surface area contributed by atoms with Gasteiger partial charge in [0, 0.05) is 16.1 Å². The number of nitrogens with zero attached hydrogens (tertiary/aromatic N) is 2. The molecule has 5 rings (SSSR count). The van der Waals surface area contributed by atoms with Crippen molar-refractivity contribution in [2.75, 3.05) is 5.32 Å². The van der Waals surface area contributed by atoms with Gasteiger partial charge in [0.05, 0.1) is 17.2 Å². The maximum Gasteiger partial charge on any atom is 0.263 e. The van der Waals surface area contributed by atoms with Crippen LogP contribution in [0.25, 0.3) is 10.2 Å². The summed E-state index contributed by atoms with van der Waals surface area (Å²) in [6, 6.07) is 16.7. The predicted octanol–water partition coefficient (Wildman–Crippen LogP) is 5.32. The molecule has 0 saturated heterocycles. The van der Waals surface area contributed by atoms with Gasteiger partial charge in [0.1, 0.15) is 4.83 Å². The van der Waals surface area contributed by atoms with Gasteiger partial charge >= 0.3 is 0 Å². The van der Waals surface area contributed by atoms with Crippen molar-refractivity contribution in [2.24, 2.45) is 0 Å². The number of aryl methyl sites for hydroxylation is 2. The minimum Gasteiger partial charge on any atom is -0.325 e. The Kier molecular flexibility index (Phi) is 6.58. The van der Waals surface area contributed by atoms with Gasteiger partial charge in [-0.2, -0.15) is 0 Å². The second-order valence-corrected chi connectivity index (χ2v) is 11.1. The fourth-order valence-corrected chi connectivity index (χ4v) is 6.54. The number of thioether (sulfide) groups is 1. The van der Waals surface area contributed by atoms with Crippen LogP contribution in [0.15, 0.2) is 64.5 Å². The fraction of sp³-hybridized carbons (Fsp3) is 0.259. The first-order chi connectivity index (χ1) is 16.9. The number of anilines is 1. The largest absolute Gasteiger partial charge is 0.325 e. The van der Waals surface area contributed by atoms with Gasteiger partial charge in [-0.3, -0.25) is 19.0 Å². The molecule has 0 fully saturated rings. The first-order valence-electron chi connectivity index (χ1n) is 11.6. The van der Waals surface area contributed by atoms with Crippen LogP contribution in [0.3, 0.4) is 0 Å². The number of nitrogens with one attached hydrogen (secondary N) is 1. The summed E-state index contributed by atoms with van der Waals surface area (Å²) >= 11 is 2.88. The molecule has 2 aromatic heterocycles. The quantitative estimate of drug-likeness (QED) is 0.210. The molecule has 0 bridgehead atoms. The van der Waals surface area contributed by atoms with E-state index in [-0.39, 0.29) is 17.2 Å². The Balaban J connectivity index is 1.47. The van der Waals surface area contributed by atoms with E-state index in [0.717, 1.165) is 40.6 Å². The summed E-state index contributed by atoms with van der Waals surface area (Å²) in [6.07, 6.45) is 2.99. The van der Waals surface area contributed by atoms with Gasteiger partial charge in [0.15, 0.2) is 10.9 Å². The van der Waals surface area contributed by atoms with E-state index >= 15 is 0 Å². The number of Topliss-reactive ketones (excluding diaryl/α,β-unsaturated/α-hetero) is 1. The van der Waals surface area contributed by atoms with Crippen LogP contribution in [0.4, 0.5) is 5.69 Å². The third kappa shape index (κ3) is 4.81. The summed E-state index contributed by atoms with van der Waals surface area (Å²) in [4.78, 5) is 45.3. The van der Waals surface area contributed by atoms with E-state index in [1.807, 2.05) is 30.3 Å². The molecule has 0 saturated carbocycles. The number of carbonyl (C=O) groups is 2. The van der Waals surface area contributed by atoms with Crippen molar-refractivity contribution in [1.29, 1.82) is 0 Å². The number of hydrogen-bond acceptors (Lipinski definition) is 6. The Hall–Kier alpha value is -3.23. The van der Waals surface area contributed by atoms with E-state index in [1.54, 1.807) is 47.1 Å². The SMILES string of the molecule is CC(=O)c1cccc(NC(=O)C(C)Sc2nc3sc4c(c3c(=O)n2Cc2ccccc2)CCC4)c1. The van der Waals surface area contributed by atoms with E-state index in [9.17, 15) is 14.4 Å². The van der Waals surface area contributed by atoms with E-state index in [2.05, 4.69) is 5.32 Å². The standard InChI is InChI=1S/C27H25N3O3S2/c1-16(31)19-10-6-11-20(14-19)28-24(32)17(2)34-27-29-25-23(21-12-7-13-22(21)35-25)26(33)30(27)15-18-8-4-3-5-9-18/h3-6,8-11,14,17H,7,12-13,15H2,1-2H3,(H,28,32). The third-order valence-electron chi connectivity index (χ3n) is 6.16. The molecule has 1 atom stereocenters. The summed E-state index contributed by atoms with van der Waals surface area (Å²) in [5, 5.41) is 3.65. The Morgan fingerprint density at radius 2 is 1.94 bits per heavy atom. The van der Waals surface area contributed by atoms with Crippen molar-refractivity contribution in [1.82, 2.24) is 9.55 Å². The molecule has 0 spiro atoms. The first kappa shape index (κ1) is 23.5. The van der Waals surface area contributed by atoms with Crippen LogP contribution in [0.5, 0.6) is 0 Å². The molecule has 178 valence electrons. The minimum atomic E-state index is -0.505. The maximum absolute atomic E-state index is 13.7. The lowest BCUT2D eigenvalue weighted by Crippen LogP contribution is -2.27. The zero-order valence-corrected chi connectivity index (χ0v) is 21.2. The normalized spacial score (nSPS) is 13.5. The van der Waals surface area contributed by atoms with Gasteiger partial charge < -0.3 is 5.32 Å².